The summed E-state index contributed by atoms with van der Waals surface area (Å²) in [4.78, 5) is 9.07. The Kier molecular flexibility index (Phi) is 3.04. The van der Waals surface area contributed by atoms with Gasteiger partial charge < -0.3 is 9.40 Å². The molecule has 0 amide bonds. The Morgan fingerprint density at radius 2 is 1.74 bits per heavy atom. The number of pyridine rings is 1. The van der Waals surface area contributed by atoms with Gasteiger partial charge in [0, 0.05) is 26.5 Å². The first kappa shape index (κ1) is 14.8. The monoisotopic (exact) mass is 366 g/mol. The molecule has 4 aromatic heterocycles. The number of furan rings is 1. The zero-order valence-electron chi connectivity index (χ0n) is 14.3. The zero-order chi connectivity index (χ0) is 17.8. The SMILES string of the molecule is c1ccc2sc(-c3ccc4cc(-c5ccc6cc[nH]c6n5)oc4c3)cc2c1. The first-order valence-corrected chi connectivity index (χ1v) is 9.62. The van der Waals surface area contributed by atoms with Gasteiger partial charge in [-0.25, -0.2) is 4.98 Å². The number of thiophene rings is 1. The number of rotatable bonds is 2. The van der Waals surface area contributed by atoms with Gasteiger partial charge in [-0.15, -0.1) is 11.3 Å². The van der Waals surface area contributed by atoms with Gasteiger partial charge in [-0.2, -0.15) is 0 Å². The van der Waals surface area contributed by atoms with Crippen LogP contribution in [0.2, 0.25) is 0 Å². The molecule has 0 fully saturated rings. The molecule has 6 rings (SSSR count). The summed E-state index contributed by atoms with van der Waals surface area (Å²) < 4.78 is 7.45. The highest BCUT2D eigenvalue weighted by Gasteiger charge is 2.11. The molecule has 1 N–H and O–H groups in total. The van der Waals surface area contributed by atoms with Gasteiger partial charge in [-0.3, -0.25) is 0 Å². The molecule has 0 aliphatic rings. The summed E-state index contributed by atoms with van der Waals surface area (Å²) in [6.45, 7) is 0. The van der Waals surface area contributed by atoms with E-state index >= 15 is 0 Å². The minimum Gasteiger partial charge on any atom is -0.454 e. The Bertz CT molecular complexity index is 1400. The lowest BCUT2D eigenvalue weighted by Crippen LogP contribution is -1.81. The minimum atomic E-state index is 0.787. The van der Waals surface area contributed by atoms with Crippen LogP contribution in [-0.2, 0) is 0 Å². The summed E-state index contributed by atoms with van der Waals surface area (Å²) in [5.74, 6) is 0.787. The molecule has 0 radical (unpaired) electrons. The number of hydrogen-bond acceptors (Lipinski definition) is 3. The van der Waals surface area contributed by atoms with E-state index in [4.69, 9.17) is 4.42 Å². The maximum absolute atomic E-state index is 6.14. The van der Waals surface area contributed by atoms with Crippen LogP contribution < -0.4 is 0 Å². The van der Waals surface area contributed by atoms with Crippen molar-refractivity contribution in [1.29, 1.82) is 0 Å². The van der Waals surface area contributed by atoms with Crippen molar-refractivity contribution in [2.75, 3.05) is 0 Å². The molecule has 6 aromatic rings. The smallest absolute Gasteiger partial charge is 0.153 e. The van der Waals surface area contributed by atoms with Crippen molar-refractivity contribution in [3.8, 4) is 21.9 Å². The van der Waals surface area contributed by atoms with Crippen LogP contribution >= 0.6 is 11.3 Å². The van der Waals surface area contributed by atoms with Crippen molar-refractivity contribution in [3.05, 3.63) is 79.0 Å². The summed E-state index contributed by atoms with van der Waals surface area (Å²) in [6, 6.07) is 25.3. The van der Waals surface area contributed by atoms with Crippen LogP contribution in [0.1, 0.15) is 0 Å². The second-order valence-electron chi connectivity index (χ2n) is 6.62. The summed E-state index contributed by atoms with van der Waals surface area (Å²) in [6.07, 6.45) is 1.90. The summed E-state index contributed by atoms with van der Waals surface area (Å²) >= 11 is 1.81. The van der Waals surface area contributed by atoms with Gasteiger partial charge in [0.25, 0.3) is 0 Å². The molecule has 2 aromatic carbocycles. The molecule has 0 aliphatic heterocycles. The number of hydrogen-bond donors (Lipinski definition) is 1. The molecule has 0 aliphatic carbocycles. The average molecular weight is 366 g/mol. The second-order valence-corrected chi connectivity index (χ2v) is 7.71. The number of nitrogens with one attached hydrogen (secondary N) is 1. The third kappa shape index (κ3) is 2.38. The van der Waals surface area contributed by atoms with Gasteiger partial charge >= 0.3 is 0 Å². The van der Waals surface area contributed by atoms with Crippen LogP contribution in [0.5, 0.6) is 0 Å². The summed E-state index contributed by atoms with van der Waals surface area (Å²) in [7, 11) is 0. The van der Waals surface area contributed by atoms with Crippen LogP contribution in [0, 0.1) is 0 Å². The highest BCUT2D eigenvalue weighted by atomic mass is 32.1. The fraction of sp³-hybridized carbons (Fsp3) is 0. The van der Waals surface area contributed by atoms with E-state index in [1.54, 1.807) is 11.3 Å². The quantitative estimate of drug-likeness (QED) is 0.364. The molecule has 27 heavy (non-hydrogen) atoms. The first-order valence-electron chi connectivity index (χ1n) is 8.81. The van der Waals surface area contributed by atoms with Crippen molar-refractivity contribution in [3.63, 3.8) is 0 Å². The average Bonchev–Trinajstić information content (AvgIpc) is 3.42. The number of aromatic nitrogens is 2. The predicted octanol–water partition coefficient (Wildman–Crippen LogP) is 6.86. The molecule has 0 unspecified atom stereocenters. The van der Waals surface area contributed by atoms with Crippen molar-refractivity contribution in [2.45, 2.75) is 0 Å². The zero-order valence-corrected chi connectivity index (χ0v) is 15.1. The fourth-order valence-electron chi connectivity index (χ4n) is 3.50. The van der Waals surface area contributed by atoms with Crippen LogP contribution in [0.25, 0.3) is 54.0 Å². The highest BCUT2D eigenvalue weighted by molar-refractivity contribution is 7.22. The summed E-state index contributed by atoms with van der Waals surface area (Å²) in [5.41, 5.74) is 3.77. The van der Waals surface area contributed by atoms with E-state index in [1.165, 1.54) is 20.5 Å². The Balaban J connectivity index is 1.46. The van der Waals surface area contributed by atoms with Crippen molar-refractivity contribution in [2.24, 2.45) is 0 Å². The van der Waals surface area contributed by atoms with E-state index in [0.717, 1.165) is 33.5 Å². The van der Waals surface area contributed by atoms with E-state index in [1.807, 2.05) is 18.3 Å². The number of fused-ring (bicyclic) bond motifs is 3. The molecule has 0 saturated heterocycles. The molecule has 0 atom stereocenters. The lowest BCUT2D eigenvalue weighted by atomic mass is 10.1. The van der Waals surface area contributed by atoms with Gasteiger partial charge in [0.15, 0.2) is 5.76 Å². The Morgan fingerprint density at radius 1 is 0.815 bits per heavy atom. The standard InChI is InChI=1S/C23H14N2OS/c1-2-4-21-16(3-1)13-22(27-21)17-6-5-15-11-20(26-19(15)12-17)18-8-7-14-9-10-24-23(14)25-18/h1-13H,(H,24,25). The highest BCUT2D eigenvalue weighted by Crippen LogP contribution is 2.36. The Morgan fingerprint density at radius 3 is 2.70 bits per heavy atom. The molecule has 3 nitrogen and oxygen atoms in total. The van der Waals surface area contributed by atoms with Crippen molar-refractivity contribution in [1.82, 2.24) is 9.97 Å². The molecule has 128 valence electrons. The maximum atomic E-state index is 6.14. The lowest BCUT2D eigenvalue weighted by molar-refractivity contribution is 0.629. The van der Waals surface area contributed by atoms with Gasteiger partial charge in [-0.05, 0) is 53.4 Å². The Hall–Kier alpha value is -3.37. The van der Waals surface area contributed by atoms with E-state index in [0.29, 0.717) is 0 Å². The molecule has 4 heterocycles. The van der Waals surface area contributed by atoms with E-state index < -0.39 is 0 Å². The van der Waals surface area contributed by atoms with Crippen LogP contribution in [0.4, 0.5) is 0 Å². The number of H-pyrrole nitrogens is 1. The Labute approximate surface area is 158 Å². The maximum Gasteiger partial charge on any atom is 0.153 e. The summed E-state index contributed by atoms with van der Waals surface area (Å²) in [5, 5.41) is 3.46. The second kappa shape index (κ2) is 5.56. The predicted molar refractivity (Wildman–Crippen MR) is 112 cm³/mol. The van der Waals surface area contributed by atoms with Gasteiger partial charge in [0.2, 0.25) is 0 Å². The fourth-order valence-corrected chi connectivity index (χ4v) is 4.56. The third-order valence-corrected chi connectivity index (χ3v) is 6.06. The molecular weight excluding hydrogens is 352 g/mol. The van der Waals surface area contributed by atoms with Crippen LogP contribution in [0.15, 0.2) is 83.4 Å². The minimum absolute atomic E-state index is 0.787. The first-order chi connectivity index (χ1) is 13.3. The lowest BCUT2D eigenvalue weighted by Gasteiger charge is -1.97. The van der Waals surface area contributed by atoms with Gasteiger partial charge in [0.05, 0.1) is 0 Å². The molecule has 0 saturated carbocycles. The topological polar surface area (TPSA) is 41.8 Å². The number of nitrogens with zero attached hydrogens (tertiary/aromatic N) is 1. The van der Waals surface area contributed by atoms with E-state index in [2.05, 4.69) is 70.6 Å². The van der Waals surface area contributed by atoms with Gasteiger partial charge in [0.1, 0.15) is 16.9 Å². The molecule has 0 spiro atoms. The molecular formula is C23H14N2OS. The number of aromatic amines is 1. The largest absolute Gasteiger partial charge is 0.454 e. The van der Waals surface area contributed by atoms with Gasteiger partial charge in [-0.1, -0.05) is 30.3 Å². The normalized spacial score (nSPS) is 11.7. The molecule has 0 bridgehead atoms. The van der Waals surface area contributed by atoms with E-state index in [-0.39, 0.29) is 0 Å². The van der Waals surface area contributed by atoms with Crippen molar-refractivity contribution >= 4 is 43.4 Å². The number of benzene rings is 2. The van der Waals surface area contributed by atoms with Crippen LogP contribution in [0.3, 0.4) is 0 Å². The van der Waals surface area contributed by atoms with Crippen molar-refractivity contribution < 1.29 is 4.42 Å². The molecule has 4 heteroatoms. The van der Waals surface area contributed by atoms with Crippen LogP contribution in [-0.4, -0.2) is 9.97 Å². The van der Waals surface area contributed by atoms with E-state index in [9.17, 15) is 0 Å². The third-order valence-electron chi connectivity index (χ3n) is 4.89.